The molecule has 2 atom stereocenters. The Kier molecular flexibility index (Phi) is 3.32. The summed E-state index contributed by atoms with van der Waals surface area (Å²) >= 11 is 2.80. The van der Waals surface area contributed by atoms with Crippen molar-refractivity contribution in [1.82, 2.24) is 15.0 Å². The molecule has 2 unspecified atom stereocenters. The van der Waals surface area contributed by atoms with E-state index in [1.165, 1.54) is 7.05 Å². The second-order valence-electron chi connectivity index (χ2n) is 3.41. The lowest BCUT2D eigenvalue weighted by atomic mass is 9.92. The number of nitrogens with two attached hydrogens (primary N) is 1. The minimum atomic E-state index is -4.92. The topological polar surface area (TPSA) is 77.0 Å². The number of alkyl halides is 3. The molecule has 1 rings (SSSR count). The normalized spacial score (nSPS) is 18.2. The fraction of sp³-hybridized carbons (Fsp3) is 0.714. The number of aryl methyl sites for hydroxylation is 1. The van der Waals surface area contributed by atoms with Crippen molar-refractivity contribution in [3.63, 3.8) is 0 Å². The van der Waals surface area contributed by atoms with Crippen molar-refractivity contribution < 1.29 is 18.3 Å². The maximum atomic E-state index is 12.9. The molecule has 0 saturated carbocycles. The van der Waals surface area contributed by atoms with Gasteiger partial charge in [-0.1, -0.05) is 5.21 Å². The van der Waals surface area contributed by atoms with Gasteiger partial charge in [0.2, 0.25) is 5.60 Å². The first-order valence-electron chi connectivity index (χ1n) is 4.22. The SMILES string of the molecule is CC(N)C(O)(c1c(Br)nnn1C)C(F)(F)F. The summed E-state index contributed by atoms with van der Waals surface area (Å²) in [6.45, 7) is 1.06. The van der Waals surface area contributed by atoms with E-state index in [0.29, 0.717) is 0 Å². The first-order valence-corrected chi connectivity index (χ1v) is 5.02. The van der Waals surface area contributed by atoms with E-state index in [1.54, 1.807) is 0 Å². The third-order valence-corrected chi connectivity index (χ3v) is 2.77. The Morgan fingerprint density at radius 2 is 2.00 bits per heavy atom. The van der Waals surface area contributed by atoms with Crippen LogP contribution in [0.3, 0.4) is 0 Å². The van der Waals surface area contributed by atoms with Crippen LogP contribution < -0.4 is 5.73 Å². The van der Waals surface area contributed by atoms with E-state index in [2.05, 4.69) is 26.2 Å². The van der Waals surface area contributed by atoms with Gasteiger partial charge in [-0.2, -0.15) is 13.2 Å². The van der Waals surface area contributed by atoms with E-state index in [0.717, 1.165) is 11.6 Å². The summed E-state index contributed by atoms with van der Waals surface area (Å²) in [6.07, 6.45) is -4.92. The van der Waals surface area contributed by atoms with Gasteiger partial charge in [-0.15, -0.1) is 5.10 Å². The van der Waals surface area contributed by atoms with Gasteiger partial charge >= 0.3 is 6.18 Å². The number of halogens is 4. The summed E-state index contributed by atoms with van der Waals surface area (Å²) in [5, 5.41) is 16.5. The van der Waals surface area contributed by atoms with Crippen molar-refractivity contribution >= 4 is 15.9 Å². The molecule has 9 heteroatoms. The number of rotatable bonds is 2. The predicted molar refractivity (Wildman–Crippen MR) is 52.3 cm³/mol. The van der Waals surface area contributed by atoms with Gasteiger partial charge in [0.15, 0.2) is 4.60 Å². The maximum Gasteiger partial charge on any atom is 0.424 e. The summed E-state index contributed by atoms with van der Waals surface area (Å²) in [7, 11) is 1.24. The second kappa shape index (κ2) is 3.97. The molecule has 92 valence electrons. The fourth-order valence-corrected chi connectivity index (χ4v) is 1.97. The largest absolute Gasteiger partial charge is 0.424 e. The third-order valence-electron chi connectivity index (χ3n) is 2.24. The number of hydrogen-bond donors (Lipinski definition) is 2. The van der Waals surface area contributed by atoms with Gasteiger partial charge in [0.1, 0.15) is 5.69 Å². The molecule has 0 aliphatic heterocycles. The van der Waals surface area contributed by atoms with Crippen LogP contribution in [0.5, 0.6) is 0 Å². The number of hydrogen-bond acceptors (Lipinski definition) is 4. The van der Waals surface area contributed by atoms with Gasteiger partial charge in [0.25, 0.3) is 0 Å². The lowest BCUT2D eigenvalue weighted by Crippen LogP contribution is -2.55. The van der Waals surface area contributed by atoms with Crippen LogP contribution in [-0.4, -0.2) is 32.3 Å². The van der Waals surface area contributed by atoms with Gasteiger partial charge in [0, 0.05) is 13.1 Å². The molecule has 0 aromatic carbocycles. The fourth-order valence-electron chi connectivity index (χ4n) is 1.34. The van der Waals surface area contributed by atoms with Crippen molar-refractivity contribution in [3.05, 3.63) is 10.3 Å². The zero-order valence-electron chi connectivity index (χ0n) is 8.46. The monoisotopic (exact) mass is 302 g/mol. The zero-order chi connectivity index (χ0) is 12.7. The van der Waals surface area contributed by atoms with E-state index in [1.807, 2.05) is 0 Å². The van der Waals surface area contributed by atoms with Gasteiger partial charge in [-0.25, -0.2) is 4.68 Å². The zero-order valence-corrected chi connectivity index (χ0v) is 10.0. The molecule has 0 aliphatic carbocycles. The highest BCUT2D eigenvalue weighted by atomic mass is 79.9. The van der Waals surface area contributed by atoms with Gasteiger partial charge in [0.05, 0.1) is 0 Å². The Morgan fingerprint density at radius 3 is 2.25 bits per heavy atom. The smallest absolute Gasteiger partial charge is 0.374 e. The highest BCUT2D eigenvalue weighted by Gasteiger charge is 2.60. The van der Waals surface area contributed by atoms with E-state index >= 15 is 0 Å². The van der Waals surface area contributed by atoms with Crippen molar-refractivity contribution in [2.45, 2.75) is 24.7 Å². The molecule has 0 bridgehead atoms. The molecule has 1 aromatic rings. The molecule has 1 aromatic heterocycles. The molecule has 0 aliphatic rings. The predicted octanol–water partition coefficient (Wildman–Crippen LogP) is 0.675. The van der Waals surface area contributed by atoms with Gasteiger partial charge < -0.3 is 10.8 Å². The minimum absolute atomic E-state index is 0.188. The molecule has 0 spiro atoms. The van der Waals surface area contributed by atoms with Crippen molar-refractivity contribution in [1.29, 1.82) is 0 Å². The minimum Gasteiger partial charge on any atom is -0.374 e. The molecular weight excluding hydrogens is 293 g/mol. The van der Waals surface area contributed by atoms with Crippen molar-refractivity contribution in [2.24, 2.45) is 12.8 Å². The quantitative estimate of drug-likeness (QED) is 0.842. The van der Waals surface area contributed by atoms with Crippen LogP contribution in [0.2, 0.25) is 0 Å². The van der Waals surface area contributed by atoms with E-state index < -0.39 is 23.5 Å². The lowest BCUT2D eigenvalue weighted by Gasteiger charge is -2.33. The number of aliphatic hydroxyl groups is 1. The van der Waals surface area contributed by atoms with Crippen LogP contribution in [-0.2, 0) is 12.6 Å². The lowest BCUT2D eigenvalue weighted by molar-refractivity contribution is -0.275. The average Bonchev–Trinajstić information content (AvgIpc) is 2.43. The Bertz CT molecular complexity index is 372. The maximum absolute atomic E-state index is 12.9. The molecule has 0 fully saturated rings. The summed E-state index contributed by atoms with van der Waals surface area (Å²) in [5.74, 6) is 0. The molecular formula is C7H10BrF3N4O. The van der Waals surface area contributed by atoms with E-state index in [-0.39, 0.29) is 4.60 Å². The molecule has 0 amide bonds. The number of aromatic nitrogens is 3. The first kappa shape index (κ1) is 13.4. The Balaban J connectivity index is 3.45. The Hall–Kier alpha value is -0.670. The molecule has 3 N–H and O–H groups in total. The highest BCUT2D eigenvalue weighted by molar-refractivity contribution is 9.10. The van der Waals surface area contributed by atoms with Crippen molar-refractivity contribution in [3.8, 4) is 0 Å². The van der Waals surface area contributed by atoms with Gasteiger partial charge in [-0.05, 0) is 22.9 Å². The van der Waals surface area contributed by atoms with Crippen LogP contribution >= 0.6 is 15.9 Å². The van der Waals surface area contributed by atoms with E-state index in [9.17, 15) is 18.3 Å². The van der Waals surface area contributed by atoms with Crippen molar-refractivity contribution in [2.75, 3.05) is 0 Å². The standard InChI is InChI=1S/C7H10BrF3N4O/c1-3(12)6(16,7(9,10)11)4-5(8)13-14-15(4)2/h3,16H,12H2,1-2H3. The second-order valence-corrected chi connectivity index (χ2v) is 4.16. The third kappa shape index (κ3) is 1.82. The molecule has 1 heterocycles. The first-order chi connectivity index (χ1) is 7.12. The summed E-state index contributed by atoms with van der Waals surface area (Å²) in [4.78, 5) is 0. The molecule has 0 radical (unpaired) electrons. The Labute approximate surface area is 97.5 Å². The molecule has 16 heavy (non-hydrogen) atoms. The van der Waals surface area contributed by atoms with Crippen LogP contribution in [0, 0.1) is 0 Å². The summed E-state index contributed by atoms with van der Waals surface area (Å²) in [5.41, 5.74) is 1.52. The van der Waals surface area contributed by atoms with Crippen LogP contribution in [0.15, 0.2) is 4.60 Å². The summed E-state index contributed by atoms with van der Waals surface area (Å²) < 4.78 is 39.2. The summed E-state index contributed by atoms with van der Waals surface area (Å²) in [6, 6.07) is -1.55. The molecule has 5 nitrogen and oxygen atoms in total. The highest BCUT2D eigenvalue weighted by Crippen LogP contribution is 2.42. The van der Waals surface area contributed by atoms with Crippen LogP contribution in [0.4, 0.5) is 13.2 Å². The average molecular weight is 303 g/mol. The van der Waals surface area contributed by atoms with Crippen LogP contribution in [0.1, 0.15) is 12.6 Å². The number of nitrogens with zero attached hydrogens (tertiary/aromatic N) is 3. The molecule has 0 saturated heterocycles. The van der Waals surface area contributed by atoms with Crippen LogP contribution in [0.25, 0.3) is 0 Å². The Morgan fingerprint density at radius 1 is 1.50 bits per heavy atom. The van der Waals surface area contributed by atoms with E-state index in [4.69, 9.17) is 5.73 Å². The van der Waals surface area contributed by atoms with Gasteiger partial charge in [-0.3, -0.25) is 0 Å².